The van der Waals surface area contributed by atoms with E-state index in [-0.39, 0.29) is 30.3 Å². The maximum absolute atomic E-state index is 13.0. The lowest BCUT2D eigenvalue weighted by Gasteiger charge is -2.46. The summed E-state index contributed by atoms with van der Waals surface area (Å²) in [7, 11) is 0. The number of nitrogens with zero attached hydrogens (tertiary/aromatic N) is 1. The van der Waals surface area contributed by atoms with E-state index in [1.807, 2.05) is 11.8 Å². The van der Waals surface area contributed by atoms with Crippen molar-refractivity contribution in [2.45, 2.75) is 63.3 Å². The number of carbonyl (C=O) groups is 2. The number of amides is 1. The number of benzene rings is 1. The Balaban J connectivity index is 1.30. The average Bonchev–Trinajstić information content (AvgIpc) is 3.05. The largest absolute Gasteiger partial charge is 0.487 e. The zero-order valence-corrected chi connectivity index (χ0v) is 18.3. The lowest BCUT2D eigenvalue weighted by molar-refractivity contribution is -0.149. The van der Waals surface area contributed by atoms with Gasteiger partial charge in [0, 0.05) is 38.3 Å². The fourth-order valence-corrected chi connectivity index (χ4v) is 5.29. The Hall–Kier alpha value is -2.29. The lowest BCUT2D eigenvalue weighted by Crippen LogP contribution is -2.60. The molecule has 1 aliphatic carbocycles. The van der Waals surface area contributed by atoms with E-state index < -0.39 is 22.9 Å². The number of likely N-dealkylation sites (tertiary alicyclic amines) is 1. The number of rotatable bonds is 4. The Bertz CT molecular complexity index is 905. The van der Waals surface area contributed by atoms with Gasteiger partial charge in [0.1, 0.15) is 18.0 Å². The molecule has 6 nitrogen and oxygen atoms in total. The highest BCUT2D eigenvalue weighted by Crippen LogP contribution is 2.45. The van der Waals surface area contributed by atoms with Gasteiger partial charge in [0.05, 0.1) is 11.1 Å². The van der Waals surface area contributed by atoms with Gasteiger partial charge < -0.3 is 20.1 Å². The van der Waals surface area contributed by atoms with E-state index in [9.17, 15) is 22.8 Å². The van der Waals surface area contributed by atoms with Crippen LogP contribution in [0.25, 0.3) is 0 Å². The van der Waals surface area contributed by atoms with Crippen LogP contribution in [0, 0.1) is 11.8 Å². The molecule has 1 atom stereocenters. The van der Waals surface area contributed by atoms with E-state index in [1.54, 1.807) is 0 Å². The number of ether oxygens (including phenoxy) is 2. The maximum Gasteiger partial charge on any atom is 0.416 e. The second kappa shape index (κ2) is 7.93. The third-order valence-corrected chi connectivity index (χ3v) is 7.17. The highest BCUT2D eigenvalue weighted by atomic mass is 19.4. The van der Waals surface area contributed by atoms with Crippen molar-refractivity contribution in [1.29, 1.82) is 0 Å². The molecule has 9 heteroatoms. The maximum atomic E-state index is 13.0. The molecule has 0 bridgehead atoms. The zero-order chi connectivity index (χ0) is 23.3. The van der Waals surface area contributed by atoms with Crippen LogP contribution >= 0.6 is 0 Å². The summed E-state index contributed by atoms with van der Waals surface area (Å²) in [5.74, 6) is -0.0147. The topological polar surface area (TPSA) is 81.9 Å². The molecule has 2 fully saturated rings. The quantitative estimate of drug-likeness (QED) is 0.706. The molecule has 176 valence electrons. The Morgan fingerprint density at radius 1 is 1.25 bits per heavy atom. The minimum Gasteiger partial charge on any atom is -0.487 e. The van der Waals surface area contributed by atoms with Crippen molar-refractivity contribution in [3.05, 3.63) is 29.3 Å². The number of alkyl halides is 3. The second-order valence-corrected chi connectivity index (χ2v) is 9.76. The highest BCUT2D eigenvalue weighted by Gasteiger charge is 2.49. The third kappa shape index (κ3) is 4.44. The van der Waals surface area contributed by atoms with Crippen LogP contribution in [0.15, 0.2) is 18.2 Å². The first-order valence-corrected chi connectivity index (χ1v) is 11.0. The van der Waals surface area contributed by atoms with E-state index in [2.05, 4.69) is 0 Å². The second-order valence-electron chi connectivity index (χ2n) is 9.76. The summed E-state index contributed by atoms with van der Waals surface area (Å²) in [6, 6.07) is 3.70. The number of halogens is 3. The van der Waals surface area contributed by atoms with Gasteiger partial charge in [0.25, 0.3) is 0 Å². The number of nitrogens with two attached hydrogens (primary N) is 1. The zero-order valence-electron chi connectivity index (χ0n) is 18.3. The van der Waals surface area contributed by atoms with Gasteiger partial charge in [-0.2, -0.15) is 13.2 Å². The molecule has 32 heavy (non-hydrogen) atoms. The summed E-state index contributed by atoms with van der Waals surface area (Å²) in [4.78, 5) is 25.7. The number of fused-ring (bicyclic) bond motifs is 1. The normalized spacial score (nSPS) is 30.3. The monoisotopic (exact) mass is 454 g/mol. The van der Waals surface area contributed by atoms with Crippen LogP contribution in [0.3, 0.4) is 0 Å². The molecule has 0 radical (unpaired) electrons. The third-order valence-electron chi connectivity index (χ3n) is 7.17. The molecule has 1 aromatic rings. The number of hydrogen-bond donors (Lipinski definition) is 1. The summed E-state index contributed by atoms with van der Waals surface area (Å²) in [6.45, 7) is 4.58. The molecule has 2 aliphatic heterocycles. The lowest BCUT2D eigenvalue weighted by atomic mass is 9.68. The van der Waals surface area contributed by atoms with Crippen LogP contribution in [0.2, 0.25) is 0 Å². The van der Waals surface area contributed by atoms with Gasteiger partial charge in [0.2, 0.25) is 5.91 Å². The minimum atomic E-state index is -4.40. The Labute approximate surface area is 185 Å². The van der Waals surface area contributed by atoms with Crippen LogP contribution in [0.1, 0.15) is 50.7 Å². The van der Waals surface area contributed by atoms with Crippen molar-refractivity contribution < 1.29 is 32.2 Å². The number of esters is 1. The average molecular weight is 454 g/mol. The SMILES string of the molecule is CC(=O)OC[C@]1(N)C[C@@H](C(=O)N2CCC(C3(C)Cc4ccc(C(F)(F)F)cc4O3)CC2)C1. The summed E-state index contributed by atoms with van der Waals surface area (Å²) >= 11 is 0. The molecule has 2 heterocycles. The smallest absolute Gasteiger partial charge is 0.416 e. The van der Waals surface area contributed by atoms with E-state index in [4.69, 9.17) is 15.2 Å². The molecule has 0 spiro atoms. The fourth-order valence-electron chi connectivity index (χ4n) is 5.29. The van der Waals surface area contributed by atoms with Gasteiger partial charge in [-0.25, -0.2) is 0 Å². The van der Waals surface area contributed by atoms with E-state index >= 15 is 0 Å². The van der Waals surface area contributed by atoms with Crippen LogP contribution in [0.4, 0.5) is 13.2 Å². The molecule has 1 unspecified atom stereocenters. The highest BCUT2D eigenvalue weighted by molar-refractivity contribution is 5.80. The first-order chi connectivity index (χ1) is 14.9. The summed E-state index contributed by atoms with van der Waals surface area (Å²) in [6.07, 6.45) is -1.38. The minimum absolute atomic E-state index is 0.0722. The predicted molar refractivity (Wildman–Crippen MR) is 110 cm³/mol. The van der Waals surface area contributed by atoms with Gasteiger partial charge in [0.15, 0.2) is 0 Å². The predicted octanol–water partition coefficient (Wildman–Crippen LogP) is 3.31. The van der Waals surface area contributed by atoms with Gasteiger partial charge in [-0.05, 0) is 50.3 Å². The van der Waals surface area contributed by atoms with E-state index in [0.717, 1.165) is 30.5 Å². The number of piperidine rings is 1. The van der Waals surface area contributed by atoms with Crippen LogP contribution < -0.4 is 10.5 Å². The fraction of sp³-hybridized carbons (Fsp3) is 0.652. The van der Waals surface area contributed by atoms with Gasteiger partial charge in [-0.3, -0.25) is 9.59 Å². The molecular weight excluding hydrogens is 425 g/mol. The van der Waals surface area contributed by atoms with Crippen LogP contribution in [-0.2, 0) is 26.9 Å². The summed E-state index contributed by atoms with van der Waals surface area (Å²) in [5.41, 5.74) is 5.06. The van der Waals surface area contributed by atoms with Gasteiger partial charge in [-0.15, -0.1) is 0 Å². The molecule has 0 aromatic heterocycles. The van der Waals surface area contributed by atoms with E-state index in [1.165, 1.54) is 13.0 Å². The van der Waals surface area contributed by atoms with Crippen LogP contribution in [-0.4, -0.2) is 47.6 Å². The molecular formula is C23H29F3N2O4. The summed E-state index contributed by atoms with van der Waals surface area (Å²) < 4.78 is 50.1. The Kier molecular flexibility index (Phi) is 5.68. The molecule has 4 rings (SSSR count). The molecule has 1 aromatic carbocycles. The molecule has 1 amide bonds. The van der Waals surface area contributed by atoms with Crippen molar-refractivity contribution in [3.63, 3.8) is 0 Å². The molecule has 2 N–H and O–H groups in total. The van der Waals surface area contributed by atoms with E-state index in [0.29, 0.717) is 38.1 Å². The van der Waals surface area contributed by atoms with Crippen molar-refractivity contribution in [2.24, 2.45) is 17.6 Å². The van der Waals surface area contributed by atoms with Crippen molar-refractivity contribution >= 4 is 11.9 Å². The van der Waals surface area contributed by atoms with Gasteiger partial charge in [-0.1, -0.05) is 6.07 Å². The molecule has 3 aliphatic rings. The van der Waals surface area contributed by atoms with Crippen LogP contribution in [0.5, 0.6) is 5.75 Å². The first-order valence-electron chi connectivity index (χ1n) is 11.0. The number of hydrogen-bond acceptors (Lipinski definition) is 5. The standard InChI is InChI=1S/C23H29F3N2O4/c1-14(29)31-13-22(27)11-16(12-22)20(30)28-7-5-17(6-8-28)21(2)10-15-3-4-18(23(24,25)26)9-19(15)32-21/h3-4,9,16-17H,5-8,10-13,27H2,1-2H3/t16-,21?,22+. The molecule has 1 saturated carbocycles. The van der Waals surface area contributed by atoms with Crippen molar-refractivity contribution in [1.82, 2.24) is 4.90 Å². The molecule has 1 saturated heterocycles. The Morgan fingerprint density at radius 2 is 1.91 bits per heavy atom. The van der Waals surface area contributed by atoms with Crippen molar-refractivity contribution in [3.8, 4) is 5.75 Å². The van der Waals surface area contributed by atoms with Crippen molar-refractivity contribution in [2.75, 3.05) is 19.7 Å². The first kappa shape index (κ1) is 22.9. The van der Waals surface area contributed by atoms with Gasteiger partial charge >= 0.3 is 12.1 Å². The summed E-state index contributed by atoms with van der Waals surface area (Å²) in [5, 5.41) is 0. The Morgan fingerprint density at radius 3 is 2.50 bits per heavy atom. The number of carbonyl (C=O) groups excluding carboxylic acids is 2.